The molecule has 0 unspecified atom stereocenters. The first-order chi connectivity index (χ1) is 11.9. The Morgan fingerprint density at radius 2 is 1.92 bits per heavy atom. The number of halogens is 4. The second kappa shape index (κ2) is 7.07. The van der Waals surface area contributed by atoms with Crippen molar-refractivity contribution in [2.24, 2.45) is 0 Å². The van der Waals surface area contributed by atoms with Gasteiger partial charge in [-0.25, -0.2) is 8.42 Å². The molecular formula is C15H18ClF3N4O2S. The normalized spacial score (nSPS) is 12.7. The number of anilines is 1. The lowest BCUT2D eigenvalue weighted by atomic mass is 9.98. The van der Waals surface area contributed by atoms with Crippen molar-refractivity contribution in [1.29, 1.82) is 0 Å². The molecule has 0 aliphatic carbocycles. The molecule has 1 heterocycles. The first-order valence-corrected chi connectivity index (χ1v) is 10.0. The summed E-state index contributed by atoms with van der Waals surface area (Å²) in [6.07, 6.45) is -4.29. The molecule has 144 valence electrons. The Hall–Kier alpha value is -1.81. The maximum absolute atomic E-state index is 13.0. The van der Waals surface area contributed by atoms with E-state index < -0.39 is 21.1 Å². The molecule has 0 aliphatic rings. The van der Waals surface area contributed by atoms with Crippen LogP contribution < -0.4 is 5.32 Å². The third-order valence-corrected chi connectivity index (χ3v) is 5.17. The van der Waals surface area contributed by atoms with Gasteiger partial charge in [-0.3, -0.25) is 0 Å². The molecular weight excluding hydrogens is 393 g/mol. The van der Waals surface area contributed by atoms with Crippen LogP contribution in [0, 0.1) is 0 Å². The molecule has 6 nitrogen and oxygen atoms in total. The van der Waals surface area contributed by atoms with Gasteiger partial charge in [-0.05, 0) is 29.5 Å². The highest BCUT2D eigenvalue weighted by atomic mass is 35.7. The standard InChI is InChI=1S/C15H18ClF3N4O2S/c1-5-9-6-10(8(2)3)12(26(16,24)25)7-11(9)23-14(20-4)21-13(22-23)15(17,18)19/h6-8H,5H2,1-4H3,(H,20,21,22). The summed E-state index contributed by atoms with van der Waals surface area (Å²) in [7, 11) is 2.84. The van der Waals surface area contributed by atoms with E-state index in [2.05, 4.69) is 15.4 Å². The van der Waals surface area contributed by atoms with Crippen LogP contribution >= 0.6 is 10.7 Å². The van der Waals surface area contributed by atoms with Crippen molar-refractivity contribution in [2.45, 2.75) is 44.2 Å². The summed E-state index contributed by atoms with van der Waals surface area (Å²) in [6, 6.07) is 2.87. The average Bonchev–Trinajstić information content (AvgIpc) is 2.96. The van der Waals surface area contributed by atoms with E-state index in [1.54, 1.807) is 26.8 Å². The van der Waals surface area contributed by atoms with Crippen LogP contribution in [0.25, 0.3) is 5.69 Å². The molecule has 2 rings (SSSR count). The van der Waals surface area contributed by atoms with Gasteiger partial charge in [-0.2, -0.15) is 22.8 Å². The Labute approximate surface area is 153 Å². The van der Waals surface area contributed by atoms with Crippen molar-refractivity contribution >= 4 is 25.7 Å². The smallest absolute Gasteiger partial charge is 0.357 e. The number of alkyl halides is 3. The predicted octanol–water partition coefficient (Wildman–Crippen LogP) is 3.94. The number of hydrogen-bond donors (Lipinski definition) is 1. The summed E-state index contributed by atoms with van der Waals surface area (Å²) in [6.45, 7) is 5.41. The minimum atomic E-state index is -4.73. The first-order valence-electron chi connectivity index (χ1n) is 7.74. The van der Waals surface area contributed by atoms with E-state index in [0.717, 1.165) is 4.68 Å². The monoisotopic (exact) mass is 410 g/mol. The topological polar surface area (TPSA) is 76.9 Å². The van der Waals surface area contributed by atoms with Gasteiger partial charge in [-0.1, -0.05) is 26.8 Å². The largest absolute Gasteiger partial charge is 0.453 e. The summed E-state index contributed by atoms with van der Waals surface area (Å²) < 4.78 is 63.8. The molecule has 0 radical (unpaired) electrons. The van der Waals surface area contributed by atoms with Crippen molar-refractivity contribution < 1.29 is 21.6 Å². The number of aryl methyl sites for hydroxylation is 1. The van der Waals surface area contributed by atoms with Gasteiger partial charge >= 0.3 is 6.18 Å². The molecule has 2 aromatic rings. The lowest BCUT2D eigenvalue weighted by Crippen LogP contribution is -2.11. The Kier molecular flexibility index (Phi) is 5.57. The highest BCUT2D eigenvalue weighted by Gasteiger charge is 2.37. The molecule has 0 bridgehead atoms. The Morgan fingerprint density at radius 3 is 2.35 bits per heavy atom. The average molecular weight is 411 g/mol. The van der Waals surface area contributed by atoms with E-state index in [0.29, 0.717) is 17.5 Å². The summed E-state index contributed by atoms with van der Waals surface area (Å²) in [4.78, 5) is 3.27. The number of nitrogens with one attached hydrogen (secondary N) is 1. The van der Waals surface area contributed by atoms with Crippen molar-refractivity contribution in [3.05, 3.63) is 29.1 Å². The molecule has 0 fully saturated rings. The number of benzene rings is 1. The quantitative estimate of drug-likeness (QED) is 0.755. The first kappa shape index (κ1) is 20.5. The molecule has 1 aromatic carbocycles. The fraction of sp³-hybridized carbons (Fsp3) is 0.467. The van der Waals surface area contributed by atoms with Crippen molar-refractivity contribution in [3.8, 4) is 5.69 Å². The maximum atomic E-state index is 13.0. The minimum absolute atomic E-state index is 0.150. The van der Waals surface area contributed by atoms with Crippen LogP contribution in [0.3, 0.4) is 0 Å². The Bertz CT molecular complexity index is 924. The summed E-state index contributed by atoms with van der Waals surface area (Å²) >= 11 is 0. The molecule has 0 spiro atoms. The molecule has 0 saturated heterocycles. The van der Waals surface area contributed by atoms with Gasteiger partial charge in [0.2, 0.25) is 5.95 Å². The maximum Gasteiger partial charge on any atom is 0.453 e. The fourth-order valence-electron chi connectivity index (χ4n) is 2.54. The van der Waals surface area contributed by atoms with Gasteiger partial charge in [0.1, 0.15) is 0 Å². The van der Waals surface area contributed by atoms with Gasteiger partial charge in [0.15, 0.2) is 0 Å². The zero-order valence-electron chi connectivity index (χ0n) is 14.5. The lowest BCUT2D eigenvalue weighted by Gasteiger charge is -2.17. The SMILES string of the molecule is CCc1cc(C(C)C)c(S(=O)(=O)Cl)cc1-n1nc(C(F)(F)F)nc1NC. The molecule has 0 saturated carbocycles. The zero-order valence-corrected chi connectivity index (χ0v) is 16.1. The van der Waals surface area contributed by atoms with E-state index >= 15 is 0 Å². The van der Waals surface area contributed by atoms with E-state index in [1.165, 1.54) is 13.1 Å². The summed E-state index contributed by atoms with van der Waals surface area (Å²) in [5.74, 6) is -1.64. The lowest BCUT2D eigenvalue weighted by molar-refractivity contribution is -0.144. The second-order valence-corrected chi connectivity index (χ2v) is 8.42. The summed E-state index contributed by atoms with van der Waals surface area (Å²) in [5, 5.41) is 6.05. The van der Waals surface area contributed by atoms with Crippen molar-refractivity contribution in [2.75, 3.05) is 12.4 Å². The van der Waals surface area contributed by atoms with Crippen LogP contribution in [0.2, 0.25) is 0 Å². The Morgan fingerprint density at radius 1 is 1.31 bits per heavy atom. The molecule has 0 amide bonds. The molecule has 1 aromatic heterocycles. The minimum Gasteiger partial charge on any atom is -0.357 e. The highest BCUT2D eigenvalue weighted by molar-refractivity contribution is 8.13. The van der Waals surface area contributed by atoms with Crippen LogP contribution in [0.15, 0.2) is 17.0 Å². The molecule has 0 atom stereocenters. The van der Waals surface area contributed by atoms with Crippen LogP contribution in [0.4, 0.5) is 19.1 Å². The Balaban J connectivity index is 2.84. The summed E-state index contributed by atoms with van der Waals surface area (Å²) in [5.41, 5.74) is 1.28. The zero-order chi connectivity index (χ0) is 19.9. The van der Waals surface area contributed by atoms with Crippen LogP contribution in [-0.4, -0.2) is 30.2 Å². The van der Waals surface area contributed by atoms with E-state index in [1.807, 2.05) is 0 Å². The van der Waals surface area contributed by atoms with Crippen LogP contribution in [0.5, 0.6) is 0 Å². The van der Waals surface area contributed by atoms with Crippen molar-refractivity contribution in [3.63, 3.8) is 0 Å². The number of nitrogens with zero attached hydrogens (tertiary/aromatic N) is 3. The second-order valence-electron chi connectivity index (χ2n) is 5.88. The number of hydrogen-bond acceptors (Lipinski definition) is 5. The van der Waals surface area contributed by atoms with Gasteiger partial charge in [0.05, 0.1) is 10.6 Å². The third-order valence-electron chi connectivity index (χ3n) is 3.79. The van der Waals surface area contributed by atoms with Gasteiger partial charge in [0.25, 0.3) is 14.9 Å². The molecule has 11 heteroatoms. The van der Waals surface area contributed by atoms with Gasteiger partial charge in [0, 0.05) is 17.7 Å². The van der Waals surface area contributed by atoms with E-state index in [-0.39, 0.29) is 22.4 Å². The molecule has 26 heavy (non-hydrogen) atoms. The number of aromatic nitrogens is 3. The van der Waals surface area contributed by atoms with Crippen LogP contribution in [-0.2, 0) is 21.6 Å². The predicted molar refractivity (Wildman–Crippen MR) is 92.4 cm³/mol. The van der Waals surface area contributed by atoms with Crippen molar-refractivity contribution in [1.82, 2.24) is 14.8 Å². The molecule has 1 N–H and O–H groups in total. The fourth-order valence-corrected chi connectivity index (χ4v) is 3.77. The van der Waals surface area contributed by atoms with Crippen LogP contribution in [0.1, 0.15) is 43.6 Å². The highest BCUT2D eigenvalue weighted by Crippen LogP contribution is 2.34. The van der Waals surface area contributed by atoms with Gasteiger partial charge in [-0.15, -0.1) is 5.10 Å². The third kappa shape index (κ3) is 3.96. The molecule has 0 aliphatic heterocycles. The van der Waals surface area contributed by atoms with Gasteiger partial charge < -0.3 is 5.32 Å². The van der Waals surface area contributed by atoms with E-state index in [9.17, 15) is 21.6 Å². The number of rotatable bonds is 5. The van der Waals surface area contributed by atoms with E-state index in [4.69, 9.17) is 10.7 Å².